The summed E-state index contributed by atoms with van der Waals surface area (Å²) in [5.41, 5.74) is 0.299. The van der Waals surface area contributed by atoms with Crippen molar-refractivity contribution in [1.82, 2.24) is 10.3 Å². The number of hydrogen-bond donors (Lipinski definition) is 2. The molecule has 108 valence electrons. The molecule has 1 saturated heterocycles. The van der Waals surface area contributed by atoms with Crippen molar-refractivity contribution >= 4 is 11.9 Å². The van der Waals surface area contributed by atoms with Gasteiger partial charge in [0, 0.05) is 25.5 Å². The van der Waals surface area contributed by atoms with E-state index >= 15 is 0 Å². The van der Waals surface area contributed by atoms with Crippen LogP contribution < -0.4 is 5.32 Å². The minimum absolute atomic E-state index is 0.0607. The van der Waals surface area contributed by atoms with Crippen molar-refractivity contribution in [3.05, 3.63) is 29.6 Å². The molecule has 0 aliphatic carbocycles. The van der Waals surface area contributed by atoms with Gasteiger partial charge in [-0.2, -0.15) is 0 Å². The summed E-state index contributed by atoms with van der Waals surface area (Å²) in [6.07, 6.45) is 3.17. The molecule has 1 aromatic heterocycles. The second kappa shape index (κ2) is 6.47. The Morgan fingerprint density at radius 2 is 2.10 bits per heavy atom. The summed E-state index contributed by atoms with van der Waals surface area (Å²) >= 11 is 0. The number of carbonyl (C=O) groups excluding carboxylic acids is 1. The normalized spacial score (nSPS) is 17.4. The third kappa shape index (κ3) is 3.54. The molecular formula is C14H18N2O4. The lowest BCUT2D eigenvalue weighted by Gasteiger charge is -2.28. The SMILES string of the molecule is C[C@@H](NC(=O)c1ccc(C(=O)O)nc1)C1CCOCC1. The Balaban J connectivity index is 1.95. The Morgan fingerprint density at radius 3 is 2.65 bits per heavy atom. The predicted octanol–water partition coefficient (Wildman–Crippen LogP) is 1.32. The number of pyridine rings is 1. The van der Waals surface area contributed by atoms with Crippen molar-refractivity contribution in [1.29, 1.82) is 0 Å². The average Bonchev–Trinajstić information content (AvgIpc) is 2.48. The Kier molecular flexibility index (Phi) is 4.68. The van der Waals surface area contributed by atoms with Gasteiger partial charge in [-0.25, -0.2) is 9.78 Å². The predicted molar refractivity (Wildman–Crippen MR) is 71.7 cm³/mol. The van der Waals surface area contributed by atoms with E-state index in [1.807, 2.05) is 6.92 Å². The summed E-state index contributed by atoms with van der Waals surface area (Å²) in [7, 11) is 0. The van der Waals surface area contributed by atoms with Crippen molar-refractivity contribution in [3.8, 4) is 0 Å². The molecule has 0 aromatic carbocycles. The summed E-state index contributed by atoms with van der Waals surface area (Å²) in [4.78, 5) is 26.5. The number of ether oxygens (including phenoxy) is 1. The van der Waals surface area contributed by atoms with Crippen LogP contribution in [0.1, 0.15) is 40.6 Å². The van der Waals surface area contributed by atoms with E-state index in [-0.39, 0.29) is 17.6 Å². The molecule has 6 heteroatoms. The highest BCUT2D eigenvalue weighted by Crippen LogP contribution is 2.18. The highest BCUT2D eigenvalue weighted by molar-refractivity contribution is 5.95. The highest BCUT2D eigenvalue weighted by atomic mass is 16.5. The van der Waals surface area contributed by atoms with Gasteiger partial charge in [0.15, 0.2) is 0 Å². The van der Waals surface area contributed by atoms with Crippen LogP contribution in [-0.4, -0.2) is 41.2 Å². The zero-order valence-corrected chi connectivity index (χ0v) is 11.3. The third-order valence-corrected chi connectivity index (χ3v) is 3.58. The molecule has 0 radical (unpaired) electrons. The van der Waals surface area contributed by atoms with Crippen LogP contribution in [0.3, 0.4) is 0 Å². The molecule has 1 atom stereocenters. The molecule has 2 heterocycles. The standard InChI is InChI=1S/C14H18N2O4/c1-9(10-4-6-20-7-5-10)16-13(17)11-2-3-12(14(18)19)15-8-11/h2-3,8-10H,4-7H2,1H3,(H,16,17)(H,18,19)/t9-/m1/s1. The van der Waals surface area contributed by atoms with Crippen molar-refractivity contribution in [2.75, 3.05) is 13.2 Å². The molecule has 0 bridgehead atoms. The number of nitrogens with zero attached hydrogens (tertiary/aromatic N) is 1. The smallest absolute Gasteiger partial charge is 0.354 e. The van der Waals surface area contributed by atoms with Gasteiger partial charge in [-0.3, -0.25) is 4.79 Å². The topological polar surface area (TPSA) is 88.5 Å². The molecule has 6 nitrogen and oxygen atoms in total. The summed E-state index contributed by atoms with van der Waals surface area (Å²) in [6.45, 7) is 3.45. The molecule has 1 amide bonds. The number of hydrogen-bond acceptors (Lipinski definition) is 4. The number of carbonyl (C=O) groups is 2. The van der Waals surface area contributed by atoms with E-state index < -0.39 is 5.97 Å². The first-order valence-electron chi connectivity index (χ1n) is 6.66. The van der Waals surface area contributed by atoms with Crippen LogP contribution in [0.5, 0.6) is 0 Å². The minimum Gasteiger partial charge on any atom is -0.477 e. The summed E-state index contributed by atoms with van der Waals surface area (Å²) in [5, 5.41) is 11.7. The molecule has 1 aliphatic heterocycles. The zero-order chi connectivity index (χ0) is 14.5. The number of carboxylic acid groups (broad SMARTS) is 1. The summed E-state index contributed by atoms with van der Waals surface area (Å²) < 4.78 is 5.30. The highest BCUT2D eigenvalue weighted by Gasteiger charge is 2.22. The molecular weight excluding hydrogens is 260 g/mol. The number of carboxylic acids is 1. The number of amides is 1. The number of nitrogens with one attached hydrogen (secondary N) is 1. The van der Waals surface area contributed by atoms with Crippen molar-refractivity contribution < 1.29 is 19.4 Å². The first kappa shape index (κ1) is 14.5. The molecule has 1 aliphatic rings. The van der Waals surface area contributed by atoms with E-state index in [2.05, 4.69) is 10.3 Å². The van der Waals surface area contributed by atoms with Crippen molar-refractivity contribution in [2.24, 2.45) is 5.92 Å². The molecule has 0 saturated carbocycles. The summed E-state index contributed by atoms with van der Waals surface area (Å²) in [6, 6.07) is 2.87. The lowest BCUT2D eigenvalue weighted by atomic mass is 9.93. The second-order valence-corrected chi connectivity index (χ2v) is 4.95. The molecule has 2 rings (SSSR count). The van der Waals surface area contributed by atoms with E-state index in [9.17, 15) is 9.59 Å². The monoisotopic (exact) mass is 278 g/mol. The maximum atomic E-state index is 12.0. The zero-order valence-electron chi connectivity index (χ0n) is 11.3. The number of rotatable bonds is 4. The minimum atomic E-state index is -1.10. The van der Waals surface area contributed by atoms with Gasteiger partial charge in [0.2, 0.25) is 0 Å². The van der Waals surface area contributed by atoms with Gasteiger partial charge in [0.05, 0.1) is 5.56 Å². The Hall–Kier alpha value is -1.95. The molecule has 0 spiro atoms. The van der Waals surface area contributed by atoms with E-state index in [1.165, 1.54) is 18.3 Å². The Bertz CT molecular complexity index is 480. The second-order valence-electron chi connectivity index (χ2n) is 4.95. The van der Waals surface area contributed by atoms with Crippen LogP contribution in [0.2, 0.25) is 0 Å². The maximum absolute atomic E-state index is 12.0. The van der Waals surface area contributed by atoms with Gasteiger partial charge in [-0.15, -0.1) is 0 Å². The van der Waals surface area contributed by atoms with E-state index in [0.29, 0.717) is 11.5 Å². The Morgan fingerprint density at radius 1 is 1.40 bits per heavy atom. The summed E-state index contributed by atoms with van der Waals surface area (Å²) in [5.74, 6) is -0.917. The van der Waals surface area contributed by atoms with E-state index in [4.69, 9.17) is 9.84 Å². The fraction of sp³-hybridized carbons (Fsp3) is 0.500. The van der Waals surface area contributed by atoms with Crippen LogP contribution in [0.15, 0.2) is 18.3 Å². The van der Waals surface area contributed by atoms with Crippen molar-refractivity contribution in [2.45, 2.75) is 25.8 Å². The van der Waals surface area contributed by atoms with Gasteiger partial charge >= 0.3 is 5.97 Å². The van der Waals surface area contributed by atoms with Crippen LogP contribution in [0, 0.1) is 5.92 Å². The molecule has 1 fully saturated rings. The largest absolute Gasteiger partial charge is 0.477 e. The molecule has 1 aromatic rings. The number of aromatic nitrogens is 1. The van der Waals surface area contributed by atoms with Gasteiger partial charge in [-0.05, 0) is 37.8 Å². The van der Waals surface area contributed by atoms with E-state index in [1.54, 1.807) is 0 Å². The lowest BCUT2D eigenvalue weighted by Crippen LogP contribution is -2.40. The van der Waals surface area contributed by atoms with Gasteiger partial charge < -0.3 is 15.2 Å². The van der Waals surface area contributed by atoms with Gasteiger partial charge in [0.25, 0.3) is 5.91 Å². The Labute approximate surface area is 117 Å². The third-order valence-electron chi connectivity index (χ3n) is 3.58. The quantitative estimate of drug-likeness (QED) is 0.867. The van der Waals surface area contributed by atoms with E-state index in [0.717, 1.165) is 26.1 Å². The average molecular weight is 278 g/mol. The first-order chi connectivity index (χ1) is 9.58. The molecule has 0 unspecified atom stereocenters. The number of aromatic carboxylic acids is 1. The van der Waals surface area contributed by atoms with Crippen LogP contribution >= 0.6 is 0 Å². The van der Waals surface area contributed by atoms with Gasteiger partial charge in [0.1, 0.15) is 5.69 Å². The fourth-order valence-corrected chi connectivity index (χ4v) is 2.28. The lowest BCUT2D eigenvalue weighted by molar-refractivity contribution is 0.0538. The molecule has 20 heavy (non-hydrogen) atoms. The first-order valence-corrected chi connectivity index (χ1v) is 6.66. The van der Waals surface area contributed by atoms with Crippen molar-refractivity contribution in [3.63, 3.8) is 0 Å². The van der Waals surface area contributed by atoms with Crippen LogP contribution in [-0.2, 0) is 4.74 Å². The fourth-order valence-electron chi connectivity index (χ4n) is 2.28. The van der Waals surface area contributed by atoms with Gasteiger partial charge in [-0.1, -0.05) is 0 Å². The van der Waals surface area contributed by atoms with Crippen LogP contribution in [0.25, 0.3) is 0 Å². The molecule has 2 N–H and O–H groups in total. The van der Waals surface area contributed by atoms with Crippen LogP contribution in [0.4, 0.5) is 0 Å². The maximum Gasteiger partial charge on any atom is 0.354 e.